The average molecular weight is 273 g/mol. The first-order valence-corrected chi connectivity index (χ1v) is 6.58. The van der Waals surface area contributed by atoms with E-state index in [1.54, 1.807) is 6.07 Å². The largest absolute Gasteiger partial charge is 0.456 e. The van der Waals surface area contributed by atoms with Gasteiger partial charge in [0.1, 0.15) is 6.61 Å². The highest BCUT2D eigenvalue weighted by molar-refractivity contribution is 5.96. The Bertz CT molecular complexity index is 612. The van der Waals surface area contributed by atoms with E-state index in [2.05, 4.69) is 5.10 Å². The van der Waals surface area contributed by atoms with E-state index >= 15 is 0 Å². The van der Waals surface area contributed by atoms with E-state index in [-0.39, 0.29) is 6.61 Å². The lowest BCUT2D eigenvalue weighted by molar-refractivity contribution is 0.0463. The van der Waals surface area contributed by atoms with Crippen LogP contribution in [0.25, 0.3) is 0 Å². The minimum absolute atomic E-state index is 0.196. The van der Waals surface area contributed by atoms with Crippen molar-refractivity contribution in [1.29, 1.82) is 0 Å². The molecule has 106 valence electrons. The van der Waals surface area contributed by atoms with E-state index in [4.69, 9.17) is 10.5 Å². The van der Waals surface area contributed by atoms with E-state index in [0.29, 0.717) is 11.3 Å². The number of benzene rings is 1. The summed E-state index contributed by atoms with van der Waals surface area (Å²) in [7, 11) is 0. The van der Waals surface area contributed by atoms with E-state index in [0.717, 1.165) is 23.5 Å². The van der Waals surface area contributed by atoms with Gasteiger partial charge in [0.2, 0.25) is 0 Å². The SMILES string of the molecule is CCn1nc(C)cc1COC(=O)c1c(C)cccc1N. The standard InChI is InChI=1S/C15H19N3O2/c1-4-18-12(8-11(3)17-18)9-20-15(19)14-10(2)6-5-7-13(14)16/h5-8H,4,9,16H2,1-3H3. The molecule has 2 aromatic rings. The van der Waals surface area contributed by atoms with Crippen LogP contribution in [-0.4, -0.2) is 15.7 Å². The molecule has 0 aliphatic carbocycles. The van der Waals surface area contributed by atoms with Crippen LogP contribution in [-0.2, 0) is 17.9 Å². The fraction of sp³-hybridized carbons (Fsp3) is 0.333. The van der Waals surface area contributed by atoms with E-state index < -0.39 is 5.97 Å². The normalized spacial score (nSPS) is 10.6. The molecule has 0 aliphatic rings. The molecule has 0 amide bonds. The molecule has 0 atom stereocenters. The molecule has 0 spiro atoms. The van der Waals surface area contributed by atoms with E-state index in [1.165, 1.54) is 0 Å². The molecule has 1 aromatic heterocycles. The maximum atomic E-state index is 12.1. The van der Waals surface area contributed by atoms with Crippen molar-refractivity contribution in [3.05, 3.63) is 46.8 Å². The van der Waals surface area contributed by atoms with Crippen LogP contribution in [0.5, 0.6) is 0 Å². The molecule has 0 saturated heterocycles. The van der Waals surface area contributed by atoms with Crippen LogP contribution >= 0.6 is 0 Å². The number of aryl methyl sites for hydroxylation is 3. The van der Waals surface area contributed by atoms with Gasteiger partial charge >= 0.3 is 5.97 Å². The van der Waals surface area contributed by atoms with Crippen molar-refractivity contribution in [3.63, 3.8) is 0 Å². The van der Waals surface area contributed by atoms with E-state index in [1.807, 2.05) is 43.7 Å². The van der Waals surface area contributed by atoms with Gasteiger partial charge in [0, 0.05) is 12.2 Å². The van der Waals surface area contributed by atoms with Gasteiger partial charge in [-0.3, -0.25) is 4.68 Å². The summed E-state index contributed by atoms with van der Waals surface area (Å²) >= 11 is 0. The van der Waals surface area contributed by atoms with Crippen molar-refractivity contribution in [2.75, 3.05) is 5.73 Å². The van der Waals surface area contributed by atoms with Crippen LogP contribution in [0, 0.1) is 13.8 Å². The topological polar surface area (TPSA) is 70.1 Å². The number of carbonyl (C=O) groups excluding carboxylic acids is 1. The second kappa shape index (κ2) is 5.77. The number of carbonyl (C=O) groups is 1. The number of hydrogen-bond acceptors (Lipinski definition) is 4. The van der Waals surface area contributed by atoms with Crippen molar-refractivity contribution < 1.29 is 9.53 Å². The minimum Gasteiger partial charge on any atom is -0.456 e. The highest BCUT2D eigenvalue weighted by Gasteiger charge is 2.15. The summed E-state index contributed by atoms with van der Waals surface area (Å²) in [6.45, 7) is 6.69. The quantitative estimate of drug-likeness (QED) is 0.686. The Kier molecular flexibility index (Phi) is 4.08. The molecule has 0 saturated carbocycles. The Morgan fingerprint density at radius 2 is 2.15 bits per heavy atom. The molecule has 2 N–H and O–H groups in total. The highest BCUT2D eigenvalue weighted by atomic mass is 16.5. The number of aromatic nitrogens is 2. The van der Waals surface area contributed by atoms with Gasteiger partial charge in [-0.1, -0.05) is 12.1 Å². The molecule has 0 radical (unpaired) electrons. The third-order valence-corrected chi connectivity index (χ3v) is 3.15. The van der Waals surface area contributed by atoms with Gasteiger partial charge in [-0.15, -0.1) is 0 Å². The van der Waals surface area contributed by atoms with Crippen LogP contribution in [0.1, 0.15) is 34.2 Å². The lowest BCUT2D eigenvalue weighted by atomic mass is 10.1. The van der Waals surface area contributed by atoms with Crippen molar-refractivity contribution >= 4 is 11.7 Å². The summed E-state index contributed by atoms with van der Waals surface area (Å²) in [5.74, 6) is -0.401. The van der Waals surface area contributed by atoms with Gasteiger partial charge in [-0.2, -0.15) is 5.10 Å². The first-order valence-electron chi connectivity index (χ1n) is 6.58. The number of hydrogen-bond donors (Lipinski definition) is 1. The summed E-state index contributed by atoms with van der Waals surface area (Å²) in [5, 5.41) is 4.32. The zero-order valence-corrected chi connectivity index (χ0v) is 12.0. The summed E-state index contributed by atoms with van der Waals surface area (Å²) < 4.78 is 7.18. The van der Waals surface area contributed by atoms with Gasteiger partial charge in [-0.05, 0) is 38.5 Å². The van der Waals surface area contributed by atoms with Gasteiger partial charge in [-0.25, -0.2) is 4.79 Å². The first-order chi connectivity index (χ1) is 9.52. The molecule has 20 heavy (non-hydrogen) atoms. The third-order valence-electron chi connectivity index (χ3n) is 3.15. The van der Waals surface area contributed by atoms with Crippen LogP contribution < -0.4 is 5.73 Å². The smallest absolute Gasteiger partial charge is 0.340 e. The van der Waals surface area contributed by atoms with Gasteiger partial charge in [0.25, 0.3) is 0 Å². The lowest BCUT2D eigenvalue weighted by Crippen LogP contribution is -2.12. The number of nitrogens with two attached hydrogens (primary N) is 1. The molecule has 5 nitrogen and oxygen atoms in total. The molecule has 0 unspecified atom stereocenters. The summed E-state index contributed by atoms with van der Waals surface area (Å²) in [6, 6.07) is 7.27. The Morgan fingerprint density at radius 3 is 2.80 bits per heavy atom. The predicted octanol–water partition coefficient (Wildman–Crippen LogP) is 2.46. The summed E-state index contributed by atoms with van der Waals surface area (Å²) in [6.07, 6.45) is 0. The molecule has 0 fully saturated rings. The maximum Gasteiger partial charge on any atom is 0.340 e. The minimum atomic E-state index is -0.401. The van der Waals surface area contributed by atoms with Crippen molar-refractivity contribution in [2.24, 2.45) is 0 Å². The molecular weight excluding hydrogens is 254 g/mol. The molecule has 5 heteroatoms. The van der Waals surface area contributed by atoms with Crippen molar-refractivity contribution in [3.8, 4) is 0 Å². The van der Waals surface area contributed by atoms with Gasteiger partial charge < -0.3 is 10.5 Å². The fourth-order valence-corrected chi connectivity index (χ4v) is 2.17. The lowest BCUT2D eigenvalue weighted by Gasteiger charge is -2.10. The van der Waals surface area contributed by atoms with Crippen LogP contribution in [0.4, 0.5) is 5.69 Å². The Balaban J connectivity index is 2.13. The molecule has 0 bridgehead atoms. The second-order valence-electron chi connectivity index (χ2n) is 4.71. The predicted molar refractivity (Wildman–Crippen MR) is 77.3 cm³/mol. The molecule has 1 aromatic carbocycles. The number of nitrogen functional groups attached to an aromatic ring is 1. The monoisotopic (exact) mass is 273 g/mol. The Labute approximate surface area is 118 Å². The third kappa shape index (κ3) is 2.82. The van der Waals surface area contributed by atoms with Crippen molar-refractivity contribution in [2.45, 2.75) is 33.9 Å². The fourth-order valence-electron chi connectivity index (χ4n) is 2.17. The number of ether oxygens (including phenoxy) is 1. The van der Waals surface area contributed by atoms with E-state index in [9.17, 15) is 4.79 Å². The number of anilines is 1. The molecular formula is C15H19N3O2. The number of rotatable bonds is 4. The zero-order valence-electron chi connectivity index (χ0n) is 12.0. The molecule has 1 heterocycles. The van der Waals surface area contributed by atoms with Crippen LogP contribution in [0.2, 0.25) is 0 Å². The van der Waals surface area contributed by atoms with Gasteiger partial charge in [0.05, 0.1) is 17.0 Å². The number of nitrogens with zero attached hydrogens (tertiary/aromatic N) is 2. The first kappa shape index (κ1) is 14.1. The van der Waals surface area contributed by atoms with Crippen LogP contribution in [0.3, 0.4) is 0 Å². The molecule has 2 rings (SSSR count). The Hall–Kier alpha value is -2.30. The second-order valence-corrected chi connectivity index (χ2v) is 4.71. The highest BCUT2D eigenvalue weighted by Crippen LogP contribution is 2.18. The summed E-state index contributed by atoms with van der Waals surface area (Å²) in [4.78, 5) is 12.1. The molecule has 0 aliphatic heterocycles. The number of esters is 1. The van der Waals surface area contributed by atoms with Gasteiger partial charge in [0.15, 0.2) is 0 Å². The van der Waals surface area contributed by atoms with Crippen LogP contribution in [0.15, 0.2) is 24.3 Å². The summed E-state index contributed by atoms with van der Waals surface area (Å²) in [5.41, 5.74) is 9.32. The Morgan fingerprint density at radius 1 is 1.40 bits per heavy atom. The maximum absolute atomic E-state index is 12.1. The zero-order chi connectivity index (χ0) is 14.7. The van der Waals surface area contributed by atoms with Crippen molar-refractivity contribution in [1.82, 2.24) is 9.78 Å². The average Bonchev–Trinajstić information content (AvgIpc) is 2.76.